The topological polar surface area (TPSA) is 38.3 Å². The van der Waals surface area contributed by atoms with Crippen LogP contribution in [0.15, 0.2) is 24.3 Å². The van der Waals surface area contributed by atoms with Crippen molar-refractivity contribution in [1.29, 1.82) is 0 Å². The molecule has 0 fully saturated rings. The van der Waals surface area contributed by atoms with E-state index in [1.165, 1.54) is 0 Å². The summed E-state index contributed by atoms with van der Waals surface area (Å²) in [5.74, 6) is 1.46. The molecule has 1 aliphatic rings. The van der Waals surface area contributed by atoms with Crippen molar-refractivity contribution < 1.29 is 9.53 Å². The van der Waals surface area contributed by atoms with Crippen LogP contribution in [0, 0.1) is 11.8 Å². The second kappa shape index (κ2) is 5.32. The van der Waals surface area contributed by atoms with Crippen LogP contribution in [0.1, 0.15) is 24.2 Å². The number of carbonyl (C=O) groups is 1. The highest BCUT2D eigenvalue weighted by Gasteiger charge is 2.27. The van der Waals surface area contributed by atoms with Gasteiger partial charge in [0.1, 0.15) is 5.75 Å². The van der Waals surface area contributed by atoms with Gasteiger partial charge in [-0.1, -0.05) is 26.0 Å². The maximum atomic E-state index is 12.2. The highest BCUT2D eigenvalue weighted by atomic mass is 16.5. The number of para-hydroxylation sites is 1. The lowest BCUT2D eigenvalue weighted by Crippen LogP contribution is -2.37. The molecule has 0 saturated heterocycles. The Morgan fingerprint density at radius 1 is 1.41 bits per heavy atom. The fourth-order valence-corrected chi connectivity index (χ4v) is 1.98. The Balaban J connectivity index is 1.98. The Kier molecular flexibility index (Phi) is 3.79. The number of nitrogens with one attached hydrogen (secondary N) is 1. The Morgan fingerprint density at radius 3 is 2.94 bits per heavy atom. The monoisotopic (exact) mass is 233 g/mol. The normalized spacial score (nSPS) is 19.0. The van der Waals surface area contributed by atoms with E-state index in [4.69, 9.17) is 4.74 Å². The molecular weight excluding hydrogens is 214 g/mol. The molecule has 0 saturated carbocycles. The predicted octanol–water partition coefficient (Wildman–Crippen LogP) is 2.12. The van der Waals surface area contributed by atoms with Crippen LogP contribution in [-0.2, 0) is 0 Å². The lowest BCUT2D eigenvalue weighted by atomic mass is 9.95. The van der Waals surface area contributed by atoms with Crippen LogP contribution in [0.3, 0.4) is 0 Å². The number of Topliss-reactive ketones (excluding diaryl/α,β-unsaturated/α-hetero) is 1. The van der Waals surface area contributed by atoms with E-state index in [1.54, 1.807) is 0 Å². The summed E-state index contributed by atoms with van der Waals surface area (Å²) in [6, 6.07) is 7.46. The summed E-state index contributed by atoms with van der Waals surface area (Å²) in [6.45, 7) is 6.43. The molecule has 1 heterocycles. The van der Waals surface area contributed by atoms with Gasteiger partial charge in [-0.15, -0.1) is 0 Å². The second-order valence-electron chi connectivity index (χ2n) is 4.92. The van der Waals surface area contributed by atoms with Gasteiger partial charge >= 0.3 is 0 Å². The molecule has 0 unspecified atom stereocenters. The molecule has 0 bridgehead atoms. The van der Waals surface area contributed by atoms with Gasteiger partial charge in [0.05, 0.1) is 18.1 Å². The Bertz CT molecular complexity index is 401. The van der Waals surface area contributed by atoms with Crippen LogP contribution < -0.4 is 10.1 Å². The Hall–Kier alpha value is -1.35. The number of hydrogen-bond acceptors (Lipinski definition) is 3. The first-order valence-corrected chi connectivity index (χ1v) is 6.15. The summed E-state index contributed by atoms with van der Waals surface area (Å²) < 4.78 is 5.60. The second-order valence-corrected chi connectivity index (χ2v) is 4.92. The molecule has 2 rings (SSSR count). The zero-order chi connectivity index (χ0) is 12.3. The standard InChI is InChI=1S/C14H19NO2/c1-10(2)7-15-8-11-9-17-13-6-4-3-5-12(13)14(11)16/h3-6,10-11,15H,7-9H2,1-2H3/t11-/m1/s1. The number of benzene rings is 1. The van der Waals surface area contributed by atoms with Crippen molar-refractivity contribution >= 4 is 5.78 Å². The molecule has 17 heavy (non-hydrogen) atoms. The third-order valence-corrected chi connectivity index (χ3v) is 2.91. The largest absolute Gasteiger partial charge is 0.492 e. The van der Waals surface area contributed by atoms with E-state index in [1.807, 2.05) is 24.3 Å². The van der Waals surface area contributed by atoms with Crippen LogP contribution in [0.2, 0.25) is 0 Å². The van der Waals surface area contributed by atoms with E-state index in [-0.39, 0.29) is 11.7 Å². The fraction of sp³-hybridized carbons (Fsp3) is 0.500. The number of fused-ring (bicyclic) bond motifs is 1. The first kappa shape index (κ1) is 12.1. The molecule has 1 aliphatic heterocycles. The minimum Gasteiger partial charge on any atom is -0.492 e. The maximum absolute atomic E-state index is 12.2. The molecule has 3 heteroatoms. The third-order valence-electron chi connectivity index (χ3n) is 2.91. The molecule has 1 atom stereocenters. The number of hydrogen-bond donors (Lipinski definition) is 1. The molecule has 0 aromatic heterocycles. The van der Waals surface area contributed by atoms with Gasteiger partial charge in [-0.25, -0.2) is 0 Å². The van der Waals surface area contributed by atoms with Gasteiger partial charge in [-0.2, -0.15) is 0 Å². The summed E-state index contributed by atoms with van der Waals surface area (Å²) in [4.78, 5) is 12.2. The first-order chi connectivity index (χ1) is 8.18. The van der Waals surface area contributed by atoms with Gasteiger partial charge in [0, 0.05) is 6.54 Å². The van der Waals surface area contributed by atoms with E-state index in [9.17, 15) is 4.79 Å². The molecule has 0 spiro atoms. The van der Waals surface area contributed by atoms with E-state index >= 15 is 0 Å². The lowest BCUT2D eigenvalue weighted by Gasteiger charge is -2.24. The van der Waals surface area contributed by atoms with E-state index in [0.717, 1.165) is 17.9 Å². The lowest BCUT2D eigenvalue weighted by molar-refractivity contribution is 0.0829. The molecule has 92 valence electrons. The number of ether oxygens (including phenoxy) is 1. The first-order valence-electron chi connectivity index (χ1n) is 6.15. The summed E-state index contributed by atoms with van der Waals surface area (Å²) in [7, 11) is 0. The maximum Gasteiger partial charge on any atom is 0.174 e. The van der Waals surface area contributed by atoms with Crippen molar-refractivity contribution in [1.82, 2.24) is 5.32 Å². The molecule has 0 aliphatic carbocycles. The number of ketones is 1. The van der Waals surface area contributed by atoms with E-state index < -0.39 is 0 Å². The van der Waals surface area contributed by atoms with Gasteiger partial charge < -0.3 is 10.1 Å². The zero-order valence-corrected chi connectivity index (χ0v) is 10.4. The summed E-state index contributed by atoms with van der Waals surface area (Å²) in [5, 5.41) is 3.31. The number of carbonyl (C=O) groups excluding carboxylic acids is 1. The van der Waals surface area contributed by atoms with Crippen LogP contribution in [0.5, 0.6) is 5.75 Å². The van der Waals surface area contributed by atoms with Crippen molar-refractivity contribution in [3.8, 4) is 5.75 Å². The van der Waals surface area contributed by atoms with Crippen LogP contribution in [0.4, 0.5) is 0 Å². The zero-order valence-electron chi connectivity index (χ0n) is 10.4. The van der Waals surface area contributed by atoms with Crippen molar-refractivity contribution in [2.45, 2.75) is 13.8 Å². The van der Waals surface area contributed by atoms with Gasteiger partial charge in [0.15, 0.2) is 5.78 Å². The Morgan fingerprint density at radius 2 is 2.18 bits per heavy atom. The molecule has 1 N–H and O–H groups in total. The van der Waals surface area contributed by atoms with E-state index in [0.29, 0.717) is 19.1 Å². The molecule has 1 aromatic carbocycles. The van der Waals surface area contributed by atoms with Crippen LogP contribution in [0.25, 0.3) is 0 Å². The molecule has 3 nitrogen and oxygen atoms in total. The van der Waals surface area contributed by atoms with Crippen molar-refractivity contribution in [3.05, 3.63) is 29.8 Å². The Labute approximate surface area is 102 Å². The predicted molar refractivity (Wildman–Crippen MR) is 67.5 cm³/mol. The SMILES string of the molecule is CC(C)CNC[C@@H]1COc2ccccc2C1=O. The van der Waals surface area contributed by atoms with Gasteiger partial charge in [-0.05, 0) is 24.6 Å². The quantitative estimate of drug-likeness (QED) is 0.865. The average Bonchev–Trinajstić information content (AvgIpc) is 2.32. The molecule has 0 radical (unpaired) electrons. The average molecular weight is 233 g/mol. The third kappa shape index (κ3) is 2.86. The van der Waals surface area contributed by atoms with Crippen molar-refractivity contribution in [2.24, 2.45) is 11.8 Å². The summed E-state index contributed by atoms with van der Waals surface area (Å²) in [5.41, 5.74) is 0.718. The highest BCUT2D eigenvalue weighted by molar-refractivity contribution is 6.01. The highest BCUT2D eigenvalue weighted by Crippen LogP contribution is 2.26. The van der Waals surface area contributed by atoms with Crippen LogP contribution >= 0.6 is 0 Å². The van der Waals surface area contributed by atoms with Gasteiger partial charge in [-0.3, -0.25) is 4.79 Å². The fourth-order valence-electron chi connectivity index (χ4n) is 1.98. The van der Waals surface area contributed by atoms with Gasteiger partial charge in [0.2, 0.25) is 0 Å². The smallest absolute Gasteiger partial charge is 0.174 e. The van der Waals surface area contributed by atoms with Crippen LogP contribution in [-0.4, -0.2) is 25.5 Å². The van der Waals surface area contributed by atoms with Gasteiger partial charge in [0.25, 0.3) is 0 Å². The summed E-state index contributed by atoms with van der Waals surface area (Å²) >= 11 is 0. The molecular formula is C14H19NO2. The molecule has 1 aromatic rings. The minimum atomic E-state index is -0.0522. The molecule has 0 amide bonds. The minimum absolute atomic E-state index is 0.0522. The summed E-state index contributed by atoms with van der Waals surface area (Å²) in [6.07, 6.45) is 0. The van der Waals surface area contributed by atoms with E-state index in [2.05, 4.69) is 19.2 Å². The number of rotatable bonds is 4. The van der Waals surface area contributed by atoms with Crippen molar-refractivity contribution in [3.63, 3.8) is 0 Å². The van der Waals surface area contributed by atoms with Crippen molar-refractivity contribution in [2.75, 3.05) is 19.7 Å².